The van der Waals surface area contributed by atoms with Gasteiger partial charge in [0.15, 0.2) is 0 Å². The van der Waals surface area contributed by atoms with Gasteiger partial charge < -0.3 is 10.1 Å². The number of aromatic nitrogens is 1. The molecule has 0 saturated heterocycles. The maximum atomic E-state index is 12.2. The fourth-order valence-electron chi connectivity index (χ4n) is 2.30. The molecule has 25 heavy (non-hydrogen) atoms. The first-order valence-corrected chi connectivity index (χ1v) is 9.55. The molecule has 1 amide bonds. The third kappa shape index (κ3) is 4.67. The number of ether oxygens (including phenoxy) is 1. The largest absolute Gasteiger partial charge is 0.494 e. The zero-order valence-electron chi connectivity index (χ0n) is 13.7. The summed E-state index contributed by atoms with van der Waals surface area (Å²) in [4.78, 5) is 16.8. The molecule has 128 valence electrons. The van der Waals surface area contributed by atoms with Crippen molar-refractivity contribution in [2.24, 2.45) is 0 Å². The van der Waals surface area contributed by atoms with Crippen LogP contribution >= 0.6 is 27.3 Å². The minimum Gasteiger partial charge on any atom is -0.494 e. The van der Waals surface area contributed by atoms with E-state index in [0.29, 0.717) is 6.61 Å². The molecule has 3 aromatic rings. The number of benzene rings is 2. The molecule has 0 saturated carbocycles. The number of anilines is 1. The Bertz CT molecular complexity index is 862. The molecular formula is C19H17BrN2O2S. The van der Waals surface area contributed by atoms with Gasteiger partial charge in [0.2, 0.25) is 5.91 Å². The summed E-state index contributed by atoms with van der Waals surface area (Å²) in [5.41, 5.74) is 2.54. The lowest BCUT2D eigenvalue weighted by Gasteiger charge is -2.06. The van der Waals surface area contributed by atoms with Gasteiger partial charge in [-0.15, -0.1) is 11.3 Å². The molecule has 2 aromatic carbocycles. The summed E-state index contributed by atoms with van der Waals surface area (Å²) in [6, 6.07) is 15.4. The average Bonchev–Trinajstić information content (AvgIpc) is 3.06. The number of nitrogens with zero attached hydrogens (tertiary/aromatic N) is 1. The van der Waals surface area contributed by atoms with Crippen LogP contribution in [0.3, 0.4) is 0 Å². The summed E-state index contributed by atoms with van der Waals surface area (Å²) in [6.07, 6.45) is 0.245. The predicted octanol–water partition coefficient (Wildman–Crippen LogP) is 5.15. The number of halogens is 1. The molecule has 3 rings (SSSR count). The lowest BCUT2D eigenvalue weighted by Crippen LogP contribution is -2.14. The number of rotatable bonds is 6. The van der Waals surface area contributed by atoms with Crippen molar-refractivity contribution in [2.45, 2.75) is 13.3 Å². The molecule has 0 aliphatic carbocycles. The maximum absolute atomic E-state index is 12.2. The third-order valence-electron chi connectivity index (χ3n) is 3.45. The summed E-state index contributed by atoms with van der Waals surface area (Å²) in [5, 5.41) is 5.71. The molecule has 0 unspecified atom stereocenters. The van der Waals surface area contributed by atoms with Gasteiger partial charge in [0.05, 0.1) is 24.4 Å². The van der Waals surface area contributed by atoms with Gasteiger partial charge in [-0.3, -0.25) is 4.79 Å². The van der Waals surface area contributed by atoms with Crippen molar-refractivity contribution in [1.29, 1.82) is 0 Å². The van der Waals surface area contributed by atoms with Gasteiger partial charge in [0.1, 0.15) is 10.8 Å². The van der Waals surface area contributed by atoms with Crippen molar-refractivity contribution in [1.82, 2.24) is 4.98 Å². The van der Waals surface area contributed by atoms with Crippen molar-refractivity contribution in [3.63, 3.8) is 0 Å². The Morgan fingerprint density at radius 3 is 2.68 bits per heavy atom. The molecule has 0 fully saturated rings. The Hall–Kier alpha value is -2.18. The van der Waals surface area contributed by atoms with E-state index in [4.69, 9.17) is 4.74 Å². The van der Waals surface area contributed by atoms with Crippen LogP contribution in [0.4, 0.5) is 5.69 Å². The second kappa shape index (κ2) is 8.27. The molecule has 0 aliphatic heterocycles. The molecule has 4 nitrogen and oxygen atoms in total. The van der Waals surface area contributed by atoms with Gasteiger partial charge >= 0.3 is 0 Å². The highest BCUT2D eigenvalue weighted by atomic mass is 79.9. The van der Waals surface area contributed by atoms with Crippen molar-refractivity contribution in [3.05, 3.63) is 64.1 Å². The first kappa shape index (κ1) is 17.6. The summed E-state index contributed by atoms with van der Waals surface area (Å²) < 4.78 is 6.31. The molecule has 1 N–H and O–H groups in total. The van der Waals surface area contributed by atoms with Gasteiger partial charge in [-0.1, -0.05) is 12.1 Å². The van der Waals surface area contributed by atoms with Crippen molar-refractivity contribution >= 4 is 38.9 Å². The fourth-order valence-corrected chi connectivity index (χ4v) is 3.51. The molecule has 1 aromatic heterocycles. The molecule has 6 heteroatoms. The maximum Gasteiger partial charge on any atom is 0.230 e. The number of nitrogens with one attached hydrogen (secondary N) is 1. The van der Waals surface area contributed by atoms with Crippen molar-refractivity contribution in [3.8, 4) is 16.3 Å². The van der Waals surface area contributed by atoms with Gasteiger partial charge in [-0.25, -0.2) is 4.98 Å². The molecule has 0 radical (unpaired) electrons. The van der Waals surface area contributed by atoms with Crippen LogP contribution in [0.5, 0.6) is 5.75 Å². The average molecular weight is 417 g/mol. The van der Waals surface area contributed by atoms with Crippen LogP contribution in [0.2, 0.25) is 0 Å². The normalized spacial score (nSPS) is 10.5. The van der Waals surface area contributed by atoms with Crippen LogP contribution < -0.4 is 10.1 Å². The Morgan fingerprint density at radius 2 is 1.96 bits per heavy atom. The lowest BCUT2D eigenvalue weighted by molar-refractivity contribution is -0.115. The van der Waals surface area contributed by atoms with E-state index in [1.807, 2.05) is 60.8 Å². The van der Waals surface area contributed by atoms with E-state index in [1.165, 1.54) is 11.3 Å². The van der Waals surface area contributed by atoms with E-state index < -0.39 is 0 Å². The van der Waals surface area contributed by atoms with Gasteiger partial charge in [0.25, 0.3) is 0 Å². The molecule has 0 bridgehead atoms. The standard InChI is InChI=1S/C19H17BrN2O2S/c1-2-24-15-9-7-13(8-10-15)19-21-14(12-25-19)11-18(23)22-17-6-4-3-5-16(17)20/h3-10,12H,2,11H2,1H3,(H,22,23). The number of amides is 1. The molecule has 1 heterocycles. The molecular weight excluding hydrogens is 400 g/mol. The van der Waals surface area contributed by atoms with Crippen LogP contribution in [-0.4, -0.2) is 17.5 Å². The topological polar surface area (TPSA) is 51.2 Å². The fraction of sp³-hybridized carbons (Fsp3) is 0.158. The Balaban J connectivity index is 1.65. The number of thiazole rings is 1. The van der Waals surface area contributed by atoms with E-state index in [2.05, 4.69) is 26.2 Å². The van der Waals surface area contributed by atoms with Crippen LogP contribution in [0.1, 0.15) is 12.6 Å². The Morgan fingerprint density at radius 1 is 1.20 bits per heavy atom. The molecule has 0 spiro atoms. The summed E-state index contributed by atoms with van der Waals surface area (Å²) in [7, 11) is 0. The van der Waals surface area contributed by atoms with Gasteiger partial charge in [-0.05, 0) is 59.3 Å². The monoisotopic (exact) mass is 416 g/mol. The van der Waals surface area contributed by atoms with E-state index in [9.17, 15) is 4.79 Å². The van der Waals surface area contributed by atoms with Crippen LogP contribution in [0.15, 0.2) is 58.4 Å². The number of carbonyl (C=O) groups is 1. The minimum absolute atomic E-state index is 0.0876. The smallest absolute Gasteiger partial charge is 0.230 e. The van der Waals surface area contributed by atoms with Crippen LogP contribution in [0, 0.1) is 0 Å². The number of carbonyl (C=O) groups excluding carboxylic acids is 1. The minimum atomic E-state index is -0.0876. The quantitative estimate of drug-likeness (QED) is 0.603. The van der Waals surface area contributed by atoms with Crippen LogP contribution in [0.25, 0.3) is 10.6 Å². The van der Waals surface area contributed by atoms with Crippen molar-refractivity contribution in [2.75, 3.05) is 11.9 Å². The highest BCUT2D eigenvalue weighted by Crippen LogP contribution is 2.26. The SMILES string of the molecule is CCOc1ccc(-c2nc(CC(=O)Nc3ccccc3Br)cs2)cc1. The van der Waals surface area contributed by atoms with Gasteiger partial charge in [-0.2, -0.15) is 0 Å². The zero-order chi connectivity index (χ0) is 17.6. The first-order valence-electron chi connectivity index (χ1n) is 7.87. The lowest BCUT2D eigenvalue weighted by atomic mass is 10.2. The second-order valence-electron chi connectivity index (χ2n) is 5.31. The third-order valence-corrected chi connectivity index (χ3v) is 5.09. The Kier molecular flexibility index (Phi) is 5.83. The highest BCUT2D eigenvalue weighted by Gasteiger charge is 2.10. The van der Waals surface area contributed by atoms with Crippen LogP contribution in [-0.2, 0) is 11.2 Å². The predicted molar refractivity (Wildman–Crippen MR) is 105 cm³/mol. The molecule has 0 atom stereocenters. The van der Waals surface area contributed by atoms with E-state index in [1.54, 1.807) is 0 Å². The number of hydrogen-bond donors (Lipinski definition) is 1. The molecule has 0 aliphatic rings. The highest BCUT2D eigenvalue weighted by molar-refractivity contribution is 9.10. The van der Waals surface area contributed by atoms with Crippen molar-refractivity contribution < 1.29 is 9.53 Å². The van der Waals surface area contributed by atoms with E-state index in [-0.39, 0.29) is 12.3 Å². The first-order chi connectivity index (χ1) is 12.2. The zero-order valence-corrected chi connectivity index (χ0v) is 16.1. The van der Waals surface area contributed by atoms with E-state index in [0.717, 1.165) is 32.2 Å². The summed E-state index contributed by atoms with van der Waals surface area (Å²) >= 11 is 4.96. The second-order valence-corrected chi connectivity index (χ2v) is 7.02. The number of para-hydroxylation sites is 1. The summed E-state index contributed by atoms with van der Waals surface area (Å²) in [6.45, 7) is 2.60. The Labute approximate surface area is 159 Å². The van der Waals surface area contributed by atoms with E-state index >= 15 is 0 Å². The summed E-state index contributed by atoms with van der Waals surface area (Å²) in [5.74, 6) is 0.756. The van der Waals surface area contributed by atoms with Gasteiger partial charge in [0, 0.05) is 15.4 Å². The number of hydrogen-bond acceptors (Lipinski definition) is 4.